The summed E-state index contributed by atoms with van der Waals surface area (Å²) < 4.78 is 55.4. The van der Waals surface area contributed by atoms with Gasteiger partial charge in [-0.25, -0.2) is 26.5 Å². The predicted octanol–water partition coefficient (Wildman–Crippen LogP) is 3.95. The van der Waals surface area contributed by atoms with E-state index in [-0.39, 0.29) is 22.5 Å². The summed E-state index contributed by atoms with van der Waals surface area (Å²) in [6, 6.07) is 3.17. The van der Waals surface area contributed by atoms with Gasteiger partial charge in [-0.15, -0.1) is 0 Å². The Hall–Kier alpha value is -2.15. The summed E-state index contributed by atoms with van der Waals surface area (Å²) in [6.45, 7) is 5.84. The number of halogens is 2. The van der Waals surface area contributed by atoms with Gasteiger partial charge in [0.05, 0.1) is 11.3 Å². The molecule has 0 spiro atoms. The molecule has 4 rings (SSSR count). The number of nitrogens with zero attached hydrogens (tertiary/aromatic N) is 3. The molecule has 0 amide bonds. The fraction of sp³-hybridized carbons (Fsp3) is 0.600. The van der Waals surface area contributed by atoms with Crippen LogP contribution in [0.2, 0.25) is 0 Å². The van der Waals surface area contributed by atoms with Crippen LogP contribution in [0.1, 0.15) is 60.7 Å². The van der Waals surface area contributed by atoms with Crippen LogP contribution < -0.4 is 11.1 Å². The van der Waals surface area contributed by atoms with E-state index in [2.05, 4.69) is 22.1 Å². The van der Waals surface area contributed by atoms with E-state index in [1.807, 2.05) is 0 Å². The number of rotatable bonds is 13. The highest BCUT2D eigenvalue weighted by Gasteiger charge is 2.30. The quantitative estimate of drug-likeness (QED) is 0.360. The summed E-state index contributed by atoms with van der Waals surface area (Å²) in [4.78, 5) is 19.2. The van der Waals surface area contributed by atoms with Gasteiger partial charge in [-0.1, -0.05) is 24.3 Å². The minimum Gasteiger partial charge on any atom is -0.382 e. The van der Waals surface area contributed by atoms with Crippen LogP contribution in [0.15, 0.2) is 18.2 Å². The molecule has 0 radical (unpaired) electrons. The van der Waals surface area contributed by atoms with Gasteiger partial charge in [0.2, 0.25) is 15.8 Å². The fourth-order valence-electron chi connectivity index (χ4n) is 4.71. The highest BCUT2D eigenvalue weighted by atomic mass is 32.2. The lowest BCUT2D eigenvalue weighted by Crippen LogP contribution is -2.43. The normalized spacial score (nSPS) is 17.4. The second-order valence-electron chi connectivity index (χ2n) is 9.89. The molecule has 0 atom stereocenters. The maximum Gasteiger partial charge on any atom is 0.214 e. The van der Waals surface area contributed by atoms with Crippen molar-refractivity contribution < 1.29 is 22.0 Å². The first-order valence-electron chi connectivity index (χ1n) is 12.9. The Morgan fingerprint density at radius 2 is 1.86 bits per heavy atom. The highest BCUT2D eigenvalue weighted by Crippen LogP contribution is 2.31. The van der Waals surface area contributed by atoms with Crippen molar-refractivity contribution in [1.82, 2.24) is 14.2 Å². The maximum atomic E-state index is 14.0. The van der Waals surface area contributed by atoms with Crippen molar-refractivity contribution in [3.63, 3.8) is 0 Å². The van der Waals surface area contributed by atoms with E-state index in [1.165, 1.54) is 18.9 Å². The van der Waals surface area contributed by atoms with Gasteiger partial charge >= 0.3 is 0 Å². The molecule has 2 aromatic rings. The molecule has 8 nitrogen and oxygen atoms in total. The van der Waals surface area contributed by atoms with Crippen LogP contribution in [0.25, 0.3) is 0 Å². The molecule has 1 aromatic heterocycles. The van der Waals surface area contributed by atoms with Crippen LogP contribution in [0.4, 0.5) is 19.7 Å². The Morgan fingerprint density at radius 3 is 2.49 bits per heavy atom. The molecule has 1 saturated heterocycles. The van der Waals surface area contributed by atoms with Gasteiger partial charge in [-0.2, -0.15) is 0 Å². The smallest absolute Gasteiger partial charge is 0.214 e. The molecule has 2 fully saturated rings. The van der Waals surface area contributed by atoms with Crippen LogP contribution in [-0.2, 0) is 10.0 Å². The number of sulfonamides is 1. The second-order valence-corrected chi connectivity index (χ2v) is 13.0. The number of nitrogens with two attached hydrogens (primary N) is 1. The maximum absolute atomic E-state index is 14.0. The van der Waals surface area contributed by atoms with Crippen LogP contribution in [-0.4, -0.2) is 72.9 Å². The first-order chi connectivity index (χ1) is 17.7. The van der Waals surface area contributed by atoms with E-state index in [9.17, 15) is 22.0 Å². The van der Waals surface area contributed by atoms with Crippen molar-refractivity contribution in [2.75, 3.05) is 49.5 Å². The molecule has 1 aliphatic heterocycles. The molecule has 204 valence electrons. The Kier molecular flexibility index (Phi) is 9.15. The molecule has 12 heteroatoms. The minimum atomic E-state index is -3.33. The number of carbonyl (C=O) groups is 1. The standard InChI is InChI=1S/C25H35F2N5O3S2/c1-2-11-31(16-17-7-8-17)12-4-15-37(34,35)32-13-9-18(10-14-32)29-25-30-24(28)23(36-25)22(33)21-19(26)5-3-6-20(21)27/h3,5-6,17-18H,2,4,7-16,28H2,1H3,(H,29,30). The fourth-order valence-corrected chi connectivity index (χ4v) is 7.14. The average Bonchev–Trinajstić information content (AvgIpc) is 3.59. The summed E-state index contributed by atoms with van der Waals surface area (Å²) in [7, 11) is -3.33. The third-order valence-electron chi connectivity index (χ3n) is 6.85. The summed E-state index contributed by atoms with van der Waals surface area (Å²) in [5.41, 5.74) is 5.22. The second kappa shape index (κ2) is 12.1. The van der Waals surface area contributed by atoms with E-state index < -0.39 is 33.0 Å². The molecule has 2 heterocycles. The Morgan fingerprint density at radius 1 is 1.19 bits per heavy atom. The van der Waals surface area contributed by atoms with Gasteiger partial charge in [0.15, 0.2) is 5.13 Å². The van der Waals surface area contributed by atoms with E-state index in [0.29, 0.717) is 37.5 Å². The largest absolute Gasteiger partial charge is 0.382 e. The van der Waals surface area contributed by atoms with E-state index >= 15 is 0 Å². The van der Waals surface area contributed by atoms with Gasteiger partial charge in [0.1, 0.15) is 22.3 Å². The molecule has 1 aromatic carbocycles. The Bertz CT molecular complexity index is 1170. The van der Waals surface area contributed by atoms with Gasteiger partial charge in [-0.05, 0) is 69.7 Å². The molecule has 0 unspecified atom stereocenters. The lowest BCUT2D eigenvalue weighted by atomic mass is 10.1. The van der Waals surface area contributed by atoms with Gasteiger partial charge < -0.3 is 16.0 Å². The molecule has 3 N–H and O–H groups in total. The molecule has 37 heavy (non-hydrogen) atoms. The number of nitrogen functional groups attached to an aromatic ring is 1. The van der Waals surface area contributed by atoms with Crippen LogP contribution in [0.3, 0.4) is 0 Å². The Labute approximate surface area is 221 Å². The number of aromatic nitrogens is 1. The number of nitrogens with one attached hydrogen (secondary N) is 1. The zero-order valence-corrected chi connectivity index (χ0v) is 22.7. The van der Waals surface area contributed by atoms with Crippen molar-refractivity contribution >= 4 is 38.1 Å². The zero-order chi connectivity index (χ0) is 26.6. The van der Waals surface area contributed by atoms with E-state index in [0.717, 1.165) is 55.4 Å². The number of benzene rings is 1. The summed E-state index contributed by atoms with van der Waals surface area (Å²) in [5, 5.41) is 3.57. The molecule has 1 aliphatic carbocycles. The third-order valence-corrected chi connectivity index (χ3v) is 9.81. The summed E-state index contributed by atoms with van der Waals surface area (Å²) in [5.74, 6) is -1.92. The number of carbonyl (C=O) groups excluding carboxylic acids is 1. The average molecular weight is 556 g/mol. The highest BCUT2D eigenvalue weighted by molar-refractivity contribution is 7.89. The van der Waals surface area contributed by atoms with Crippen LogP contribution in [0, 0.1) is 17.6 Å². The Balaban J connectivity index is 1.27. The lowest BCUT2D eigenvalue weighted by molar-refractivity contribution is 0.103. The first-order valence-corrected chi connectivity index (χ1v) is 15.3. The minimum absolute atomic E-state index is 0.0367. The molecular formula is C25H35F2N5O3S2. The van der Waals surface area contributed by atoms with Gasteiger partial charge in [0.25, 0.3) is 0 Å². The number of ketones is 1. The van der Waals surface area contributed by atoms with E-state index in [4.69, 9.17) is 5.73 Å². The van der Waals surface area contributed by atoms with Crippen molar-refractivity contribution in [2.45, 2.75) is 51.5 Å². The van der Waals surface area contributed by atoms with Crippen LogP contribution >= 0.6 is 11.3 Å². The summed E-state index contributed by atoms with van der Waals surface area (Å²) in [6.07, 6.45) is 5.43. The third kappa shape index (κ3) is 7.24. The van der Waals surface area contributed by atoms with Crippen molar-refractivity contribution in [3.8, 4) is 0 Å². The molecule has 1 saturated carbocycles. The number of thiazole rings is 1. The van der Waals surface area contributed by atoms with Gasteiger partial charge in [-0.3, -0.25) is 4.79 Å². The van der Waals surface area contributed by atoms with Crippen molar-refractivity contribution in [3.05, 3.63) is 40.3 Å². The van der Waals surface area contributed by atoms with E-state index in [1.54, 1.807) is 4.31 Å². The monoisotopic (exact) mass is 555 g/mol. The molecular weight excluding hydrogens is 520 g/mol. The molecule has 0 bridgehead atoms. The first kappa shape index (κ1) is 27.9. The molecule has 2 aliphatic rings. The topological polar surface area (TPSA) is 109 Å². The number of hydrogen-bond donors (Lipinski definition) is 2. The SMILES string of the molecule is CCCN(CCCS(=O)(=O)N1CCC(Nc2nc(N)c(C(=O)c3c(F)cccc3F)s2)CC1)CC1CC1. The number of piperidine rings is 1. The zero-order valence-electron chi connectivity index (χ0n) is 21.1. The number of hydrogen-bond acceptors (Lipinski definition) is 8. The summed E-state index contributed by atoms with van der Waals surface area (Å²) >= 11 is 0.939. The predicted molar refractivity (Wildman–Crippen MR) is 142 cm³/mol. The number of anilines is 2. The van der Waals surface area contributed by atoms with Crippen molar-refractivity contribution in [2.24, 2.45) is 5.92 Å². The lowest BCUT2D eigenvalue weighted by Gasteiger charge is -2.31. The van der Waals surface area contributed by atoms with Gasteiger partial charge in [0, 0.05) is 25.7 Å². The van der Waals surface area contributed by atoms with Crippen molar-refractivity contribution in [1.29, 1.82) is 0 Å². The van der Waals surface area contributed by atoms with Crippen LogP contribution in [0.5, 0.6) is 0 Å².